The predicted octanol–water partition coefficient (Wildman–Crippen LogP) is 4.43. The molecule has 5 heteroatoms. The van der Waals surface area contributed by atoms with Crippen molar-refractivity contribution in [1.82, 2.24) is 0 Å². The second-order valence-corrected chi connectivity index (χ2v) is 4.24. The number of nitrogens with zero attached hydrogens (tertiary/aromatic N) is 1. The van der Waals surface area contributed by atoms with Gasteiger partial charge in [0.2, 0.25) is 0 Å². The molecule has 0 amide bonds. The van der Waals surface area contributed by atoms with Gasteiger partial charge in [-0.05, 0) is 30.2 Å². The van der Waals surface area contributed by atoms with Crippen LogP contribution in [-0.2, 0) is 0 Å². The molecule has 0 spiro atoms. The van der Waals surface area contributed by atoms with E-state index in [2.05, 4.69) is 4.74 Å². The Labute approximate surface area is 114 Å². The summed E-state index contributed by atoms with van der Waals surface area (Å²) in [6, 6.07) is 13.2. The van der Waals surface area contributed by atoms with Gasteiger partial charge < -0.3 is 4.74 Å². The Morgan fingerprint density at radius 2 is 1.60 bits per heavy atom. The topological polar surface area (TPSA) is 33.0 Å². The molecule has 0 bridgehead atoms. The number of benzene rings is 2. The zero-order valence-electron chi connectivity index (χ0n) is 10.5. The lowest BCUT2D eigenvalue weighted by molar-refractivity contribution is -0.274. The van der Waals surface area contributed by atoms with Crippen LogP contribution in [0.1, 0.15) is 11.1 Å². The summed E-state index contributed by atoms with van der Waals surface area (Å²) in [7, 11) is 0. The summed E-state index contributed by atoms with van der Waals surface area (Å²) in [6.07, 6.45) is -4.81. The molecule has 0 unspecified atom stereocenters. The van der Waals surface area contributed by atoms with E-state index in [9.17, 15) is 13.2 Å². The Kier molecular flexibility index (Phi) is 3.66. The highest BCUT2D eigenvalue weighted by molar-refractivity contribution is 5.67. The standard InChI is InChI=1S/C15H10F3NO/c1-10-2-4-11(5-3-10)12-6-7-14(13(8-12)9-19)20-15(16,17)18/h2-8H,1H3. The monoisotopic (exact) mass is 277 g/mol. The SMILES string of the molecule is Cc1ccc(-c2ccc(OC(F)(F)F)c(C#N)c2)cc1. The summed E-state index contributed by atoms with van der Waals surface area (Å²) in [5.41, 5.74) is 2.41. The molecule has 0 radical (unpaired) electrons. The quantitative estimate of drug-likeness (QED) is 0.813. The summed E-state index contributed by atoms with van der Waals surface area (Å²) >= 11 is 0. The third-order valence-electron chi connectivity index (χ3n) is 2.71. The van der Waals surface area contributed by atoms with Crippen molar-refractivity contribution in [3.05, 3.63) is 53.6 Å². The van der Waals surface area contributed by atoms with Gasteiger partial charge in [-0.2, -0.15) is 5.26 Å². The summed E-state index contributed by atoms with van der Waals surface area (Å²) in [4.78, 5) is 0. The number of nitriles is 1. The molecule has 0 aliphatic heterocycles. The van der Waals surface area contributed by atoms with Crippen LogP contribution < -0.4 is 4.74 Å². The molecular weight excluding hydrogens is 267 g/mol. The lowest BCUT2D eigenvalue weighted by atomic mass is 10.0. The minimum Gasteiger partial charge on any atom is -0.404 e. The first-order chi connectivity index (χ1) is 9.39. The molecule has 2 aromatic rings. The molecule has 102 valence electrons. The van der Waals surface area contributed by atoms with Crippen molar-refractivity contribution in [2.45, 2.75) is 13.3 Å². The summed E-state index contributed by atoms with van der Waals surface area (Å²) in [5.74, 6) is -0.490. The van der Waals surface area contributed by atoms with Gasteiger partial charge in [0, 0.05) is 0 Å². The summed E-state index contributed by atoms with van der Waals surface area (Å²) < 4.78 is 40.4. The van der Waals surface area contributed by atoms with Gasteiger partial charge in [0.05, 0.1) is 5.56 Å². The summed E-state index contributed by atoms with van der Waals surface area (Å²) in [5, 5.41) is 8.93. The zero-order chi connectivity index (χ0) is 14.8. The summed E-state index contributed by atoms with van der Waals surface area (Å²) in [6.45, 7) is 1.94. The molecule has 0 fully saturated rings. The Balaban J connectivity index is 2.39. The van der Waals surface area contributed by atoms with E-state index < -0.39 is 12.1 Å². The van der Waals surface area contributed by atoms with E-state index in [4.69, 9.17) is 5.26 Å². The number of ether oxygens (including phenoxy) is 1. The van der Waals surface area contributed by atoms with Crippen LogP contribution in [0.2, 0.25) is 0 Å². The van der Waals surface area contributed by atoms with Gasteiger partial charge in [0.25, 0.3) is 0 Å². The highest BCUT2D eigenvalue weighted by Gasteiger charge is 2.32. The lowest BCUT2D eigenvalue weighted by Gasteiger charge is -2.11. The molecule has 2 aromatic carbocycles. The highest BCUT2D eigenvalue weighted by Crippen LogP contribution is 2.30. The number of rotatable bonds is 2. The number of aryl methyl sites for hydroxylation is 1. The molecule has 0 atom stereocenters. The predicted molar refractivity (Wildman–Crippen MR) is 68.0 cm³/mol. The van der Waals surface area contributed by atoms with E-state index >= 15 is 0 Å². The van der Waals surface area contributed by atoms with Crippen LogP contribution in [0.5, 0.6) is 5.75 Å². The molecular formula is C15H10F3NO. The first-order valence-electron chi connectivity index (χ1n) is 5.76. The average molecular weight is 277 g/mol. The molecule has 20 heavy (non-hydrogen) atoms. The van der Waals surface area contributed by atoms with E-state index in [1.807, 2.05) is 31.2 Å². The van der Waals surface area contributed by atoms with Gasteiger partial charge >= 0.3 is 6.36 Å². The van der Waals surface area contributed by atoms with Crippen molar-refractivity contribution in [3.8, 4) is 22.9 Å². The fourth-order valence-corrected chi connectivity index (χ4v) is 1.76. The van der Waals surface area contributed by atoms with E-state index in [-0.39, 0.29) is 5.56 Å². The van der Waals surface area contributed by atoms with E-state index in [0.29, 0.717) is 5.56 Å². The van der Waals surface area contributed by atoms with Crippen molar-refractivity contribution in [2.24, 2.45) is 0 Å². The maximum absolute atomic E-state index is 12.2. The minimum absolute atomic E-state index is 0.152. The fourth-order valence-electron chi connectivity index (χ4n) is 1.76. The molecule has 0 saturated heterocycles. The third kappa shape index (κ3) is 3.29. The molecule has 0 N–H and O–H groups in total. The van der Waals surface area contributed by atoms with Crippen LogP contribution in [0.4, 0.5) is 13.2 Å². The molecule has 0 aliphatic rings. The largest absolute Gasteiger partial charge is 0.573 e. The second kappa shape index (κ2) is 5.25. The normalized spacial score (nSPS) is 10.9. The van der Waals surface area contributed by atoms with Crippen molar-refractivity contribution in [3.63, 3.8) is 0 Å². The van der Waals surface area contributed by atoms with Crippen LogP contribution in [0.25, 0.3) is 11.1 Å². The highest BCUT2D eigenvalue weighted by atomic mass is 19.4. The third-order valence-corrected chi connectivity index (χ3v) is 2.71. The lowest BCUT2D eigenvalue weighted by Crippen LogP contribution is -2.17. The Hall–Kier alpha value is -2.48. The first kappa shape index (κ1) is 13.9. The van der Waals surface area contributed by atoms with Crippen LogP contribution in [0.3, 0.4) is 0 Å². The van der Waals surface area contributed by atoms with Crippen LogP contribution in [0, 0.1) is 18.3 Å². The molecule has 0 aromatic heterocycles. The zero-order valence-corrected chi connectivity index (χ0v) is 10.5. The Morgan fingerprint density at radius 3 is 2.15 bits per heavy atom. The molecule has 0 heterocycles. The molecule has 2 nitrogen and oxygen atoms in total. The molecule has 2 rings (SSSR count). The van der Waals surface area contributed by atoms with Gasteiger partial charge in [-0.15, -0.1) is 13.2 Å². The minimum atomic E-state index is -4.81. The number of hydrogen-bond donors (Lipinski definition) is 0. The van der Waals surface area contributed by atoms with Crippen LogP contribution >= 0.6 is 0 Å². The van der Waals surface area contributed by atoms with E-state index in [0.717, 1.165) is 17.2 Å². The van der Waals surface area contributed by atoms with Gasteiger partial charge in [0.15, 0.2) is 0 Å². The van der Waals surface area contributed by atoms with Crippen molar-refractivity contribution >= 4 is 0 Å². The number of halogens is 3. The molecule has 0 saturated carbocycles. The maximum Gasteiger partial charge on any atom is 0.573 e. The van der Waals surface area contributed by atoms with Gasteiger partial charge in [-0.1, -0.05) is 35.9 Å². The van der Waals surface area contributed by atoms with Crippen molar-refractivity contribution < 1.29 is 17.9 Å². The first-order valence-corrected chi connectivity index (χ1v) is 5.76. The second-order valence-electron chi connectivity index (χ2n) is 4.24. The Morgan fingerprint density at radius 1 is 1.00 bits per heavy atom. The number of alkyl halides is 3. The van der Waals surface area contributed by atoms with Gasteiger partial charge in [-0.25, -0.2) is 0 Å². The van der Waals surface area contributed by atoms with Crippen LogP contribution in [0.15, 0.2) is 42.5 Å². The smallest absolute Gasteiger partial charge is 0.404 e. The maximum atomic E-state index is 12.2. The Bertz CT molecular complexity index is 654. The van der Waals surface area contributed by atoms with E-state index in [1.54, 1.807) is 6.07 Å². The van der Waals surface area contributed by atoms with Crippen LogP contribution in [-0.4, -0.2) is 6.36 Å². The average Bonchev–Trinajstić information content (AvgIpc) is 2.38. The fraction of sp³-hybridized carbons (Fsp3) is 0.133. The number of hydrogen-bond acceptors (Lipinski definition) is 2. The molecule has 0 aliphatic carbocycles. The van der Waals surface area contributed by atoms with Gasteiger partial charge in [0.1, 0.15) is 11.8 Å². The van der Waals surface area contributed by atoms with E-state index in [1.165, 1.54) is 12.1 Å². The van der Waals surface area contributed by atoms with Gasteiger partial charge in [-0.3, -0.25) is 0 Å². The van der Waals surface area contributed by atoms with Crippen molar-refractivity contribution in [2.75, 3.05) is 0 Å². The van der Waals surface area contributed by atoms with Crippen molar-refractivity contribution in [1.29, 1.82) is 5.26 Å².